The van der Waals surface area contributed by atoms with Gasteiger partial charge < -0.3 is 4.90 Å². The summed E-state index contributed by atoms with van der Waals surface area (Å²) < 4.78 is 0. The smallest absolute Gasteiger partial charge is 0.226 e. The lowest BCUT2D eigenvalue weighted by Crippen LogP contribution is -2.39. The van der Waals surface area contributed by atoms with Crippen LogP contribution in [0.25, 0.3) is 11.1 Å². The Morgan fingerprint density at radius 3 is 2.68 bits per heavy atom. The maximum Gasteiger partial charge on any atom is 0.226 e. The van der Waals surface area contributed by atoms with Gasteiger partial charge in [-0.25, -0.2) is 0 Å². The molecule has 1 amide bonds. The number of nitrogens with zero attached hydrogens (tertiary/aromatic N) is 3. The molecule has 2 aliphatic rings. The molecule has 1 unspecified atom stereocenters. The van der Waals surface area contributed by atoms with Crippen molar-refractivity contribution >= 4 is 17.5 Å². The Bertz CT molecular complexity index is 914. The number of carbonyl (C=O) groups is 1. The van der Waals surface area contributed by atoms with Gasteiger partial charge >= 0.3 is 0 Å². The maximum atomic E-state index is 12.9. The molecule has 5 heteroatoms. The molecular formula is C23H24ClN3O. The number of carbonyl (C=O) groups excluding carboxylic acids is 1. The maximum absolute atomic E-state index is 12.9. The van der Waals surface area contributed by atoms with E-state index in [9.17, 15) is 4.79 Å². The summed E-state index contributed by atoms with van der Waals surface area (Å²) in [6.07, 6.45) is 11.0. The van der Waals surface area contributed by atoms with Crippen LogP contribution in [0.4, 0.5) is 0 Å². The highest BCUT2D eigenvalue weighted by molar-refractivity contribution is 6.31. The van der Waals surface area contributed by atoms with Gasteiger partial charge in [-0.05, 0) is 48.9 Å². The minimum atomic E-state index is 0.0360. The van der Waals surface area contributed by atoms with Crippen molar-refractivity contribution in [3.63, 3.8) is 0 Å². The number of benzene rings is 1. The largest absolute Gasteiger partial charge is 0.339 e. The predicted octanol–water partition coefficient (Wildman–Crippen LogP) is 5.00. The number of hydrogen-bond acceptors (Lipinski definition) is 3. The summed E-state index contributed by atoms with van der Waals surface area (Å²) in [7, 11) is 0. The zero-order chi connectivity index (χ0) is 19.5. The average molecular weight is 394 g/mol. The van der Waals surface area contributed by atoms with E-state index < -0.39 is 0 Å². The zero-order valence-corrected chi connectivity index (χ0v) is 16.7. The third kappa shape index (κ3) is 3.91. The first kappa shape index (κ1) is 19.0. The summed E-state index contributed by atoms with van der Waals surface area (Å²) in [6.45, 7) is 0.885. The van der Waals surface area contributed by atoms with E-state index in [1.807, 2.05) is 18.2 Å². The fourth-order valence-electron chi connectivity index (χ4n) is 4.52. The lowest BCUT2D eigenvalue weighted by atomic mass is 9.93. The molecule has 2 aromatic rings. The van der Waals surface area contributed by atoms with Gasteiger partial charge in [-0.2, -0.15) is 5.26 Å². The second-order valence-electron chi connectivity index (χ2n) is 7.89. The van der Waals surface area contributed by atoms with Crippen molar-refractivity contribution in [2.24, 2.45) is 5.92 Å². The van der Waals surface area contributed by atoms with Gasteiger partial charge in [-0.1, -0.05) is 43.0 Å². The van der Waals surface area contributed by atoms with Gasteiger partial charge in [0.15, 0.2) is 0 Å². The van der Waals surface area contributed by atoms with Crippen LogP contribution < -0.4 is 0 Å². The Hall–Kier alpha value is -2.38. The first-order valence-electron chi connectivity index (χ1n) is 10.1. The van der Waals surface area contributed by atoms with Crippen LogP contribution in [0.3, 0.4) is 0 Å². The molecule has 1 aromatic heterocycles. The third-order valence-corrected chi connectivity index (χ3v) is 6.44. The molecule has 0 bridgehead atoms. The molecule has 1 aliphatic heterocycles. The minimum Gasteiger partial charge on any atom is -0.339 e. The van der Waals surface area contributed by atoms with Gasteiger partial charge in [0, 0.05) is 41.5 Å². The Balaban J connectivity index is 1.47. The van der Waals surface area contributed by atoms with Crippen molar-refractivity contribution in [1.29, 1.82) is 5.26 Å². The predicted molar refractivity (Wildman–Crippen MR) is 110 cm³/mol. The van der Waals surface area contributed by atoms with E-state index in [1.54, 1.807) is 18.5 Å². The standard InChI is InChI=1S/C23H24ClN3O/c24-22-12-17(20-10-16(13-25)14-26-15-20)6-7-18(22)11-19-8-9-27(23(19)28)21-4-2-1-3-5-21/h6-7,10,12,14-15,19,21H,1-5,8-9,11H2. The molecule has 4 nitrogen and oxygen atoms in total. The van der Waals surface area contributed by atoms with Crippen LogP contribution in [0, 0.1) is 17.2 Å². The molecule has 0 N–H and O–H groups in total. The number of rotatable bonds is 4. The number of nitriles is 1. The van der Waals surface area contributed by atoms with E-state index in [0.717, 1.165) is 42.5 Å². The molecule has 2 fully saturated rings. The van der Waals surface area contributed by atoms with E-state index in [0.29, 0.717) is 29.0 Å². The number of aromatic nitrogens is 1. The quantitative estimate of drug-likeness (QED) is 0.734. The van der Waals surface area contributed by atoms with Gasteiger partial charge in [0.05, 0.1) is 5.56 Å². The third-order valence-electron chi connectivity index (χ3n) is 6.09. The molecule has 1 atom stereocenters. The van der Waals surface area contributed by atoms with E-state index in [1.165, 1.54) is 19.3 Å². The van der Waals surface area contributed by atoms with Gasteiger partial charge in [-0.15, -0.1) is 0 Å². The Morgan fingerprint density at radius 2 is 1.93 bits per heavy atom. The van der Waals surface area contributed by atoms with Gasteiger partial charge in [-0.3, -0.25) is 9.78 Å². The molecular weight excluding hydrogens is 370 g/mol. The van der Waals surface area contributed by atoms with Gasteiger partial charge in [0.25, 0.3) is 0 Å². The summed E-state index contributed by atoms with van der Waals surface area (Å²) in [4.78, 5) is 19.2. The van der Waals surface area contributed by atoms with Crippen molar-refractivity contribution in [3.05, 3.63) is 52.8 Å². The molecule has 1 saturated heterocycles. The summed E-state index contributed by atoms with van der Waals surface area (Å²) in [5.74, 6) is 0.340. The lowest BCUT2D eigenvalue weighted by molar-refractivity contribution is -0.133. The van der Waals surface area contributed by atoms with Crippen molar-refractivity contribution < 1.29 is 4.79 Å². The number of hydrogen-bond donors (Lipinski definition) is 0. The first-order valence-corrected chi connectivity index (χ1v) is 10.5. The molecule has 144 valence electrons. The molecule has 1 saturated carbocycles. The summed E-state index contributed by atoms with van der Waals surface area (Å²) in [5.41, 5.74) is 3.34. The minimum absolute atomic E-state index is 0.0360. The second kappa shape index (κ2) is 8.32. The van der Waals surface area contributed by atoms with Crippen LogP contribution in [0.2, 0.25) is 5.02 Å². The van der Waals surface area contributed by atoms with E-state index >= 15 is 0 Å². The molecule has 4 rings (SSSR count). The summed E-state index contributed by atoms with van der Waals surface area (Å²) in [6, 6.07) is 10.3. The van der Waals surface area contributed by atoms with Crippen LogP contribution in [0.5, 0.6) is 0 Å². The van der Waals surface area contributed by atoms with Crippen LogP contribution in [0.15, 0.2) is 36.7 Å². The number of pyridine rings is 1. The lowest BCUT2D eigenvalue weighted by Gasteiger charge is -2.31. The first-order chi connectivity index (χ1) is 13.7. The highest BCUT2D eigenvalue weighted by Crippen LogP contribution is 2.33. The average Bonchev–Trinajstić information content (AvgIpc) is 3.10. The monoisotopic (exact) mass is 393 g/mol. The molecule has 0 spiro atoms. The molecule has 0 radical (unpaired) electrons. The van der Waals surface area contributed by atoms with Crippen molar-refractivity contribution in [2.45, 2.75) is 51.0 Å². The van der Waals surface area contributed by atoms with Crippen LogP contribution >= 0.6 is 11.6 Å². The normalized spacial score (nSPS) is 20.4. The highest BCUT2D eigenvalue weighted by atomic mass is 35.5. The van der Waals surface area contributed by atoms with Crippen LogP contribution in [-0.4, -0.2) is 28.4 Å². The van der Waals surface area contributed by atoms with Crippen molar-refractivity contribution in [1.82, 2.24) is 9.88 Å². The molecule has 1 aromatic carbocycles. The molecule has 28 heavy (non-hydrogen) atoms. The Kier molecular flexibility index (Phi) is 5.64. The fourth-order valence-corrected chi connectivity index (χ4v) is 4.78. The van der Waals surface area contributed by atoms with Crippen LogP contribution in [-0.2, 0) is 11.2 Å². The summed E-state index contributed by atoms with van der Waals surface area (Å²) in [5, 5.41) is 9.73. The topological polar surface area (TPSA) is 57.0 Å². The second-order valence-corrected chi connectivity index (χ2v) is 8.30. The number of amides is 1. The molecule has 1 aliphatic carbocycles. The fraction of sp³-hybridized carbons (Fsp3) is 0.435. The number of likely N-dealkylation sites (tertiary alicyclic amines) is 1. The van der Waals surface area contributed by atoms with Crippen molar-refractivity contribution in [3.8, 4) is 17.2 Å². The summed E-state index contributed by atoms with van der Waals surface area (Å²) >= 11 is 6.55. The van der Waals surface area contributed by atoms with E-state index in [-0.39, 0.29) is 5.92 Å². The zero-order valence-electron chi connectivity index (χ0n) is 15.9. The van der Waals surface area contributed by atoms with Crippen LogP contribution in [0.1, 0.15) is 49.7 Å². The highest BCUT2D eigenvalue weighted by Gasteiger charge is 2.36. The van der Waals surface area contributed by atoms with Gasteiger partial charge in [0.2, 0.25) is 5.91 Å². The van der Waals surface area contributed by atoms with Gasteiger partial charge in [0.1, 0.15) is 6.07 Å². The Morgan fingerprint density at radius 1 is 1.11 bits per heavy atom. The van der Waals surface area contributed by atoms with Crippen molar-refractivity contribution in [2.75, 3.05) is 6.54 Å². The van der Waals surface area contributed by atoms with E-state index in [2.05, 4.69) is 16.0 Å². The SMILES string of the molecule is N#Cc1cncc(-c2ccc(CC3CCN(C4CCCCC4)C3=O)c(Cl)c2)c1. The van der Waals surface area contributed by atoms with E-state index in [4.69, 9.17) is 16.9 Å². The number of halogens is 1. The Labute approximate surface area is 171 Å². The molecule has 2 heterocycles.